The molecule has 4 nitrogen and oxygen atoms in total. The first-order chi connectivity index (χ1) is 10.2. The summed E-state index contributed by atoms with van der Waals surface area (Å²) >= 11 is 0. The molecule has 0 spiro atoms. The lowest BCUT2D eigenvalue weighted by atomic mass is 9.83. The Morgan fingerprint density at radius 1 is 1.14 bits per heavy atom. The number of rotatable bonds is 3. The summed E-state index contributed by atoms with van der Waals surface area (Å²) in [6, 6.07) is 7.81. The molecule has 0 aliphatic carbocycles. The van der Waals surface area contributed by atoms with Gasteiger partial charge >= 0.3 is 0 Å². The van der Waals surface area contributed by atoms with Gasteiger partial charge in [-0.05, 0) is 69.0 Å². The van der Waals surface area contributed by atoms with Gasteiger partial charge in [-0.25, -0.2) is 0 Å². The van der Waals surface area contributed by atoms with Crippen molar-refractivity contribution < 1.29 is 4.79 Å². The van der Waals surface area contributed by atoms with Gasteiger partial charge in [-0.1, -0.05) is 6.42 Å². The van der Waals surface area contributed by atoms with E-state index < -0.39 is 0 Å². The molecule has 21 heavy (non-hydrogen) atoms. The molecule has 2 fully saturated rings. The van der Waals surface area contributed by atoms with Crippen LogP contribution in [-0.4, -0.2) is 36.5 Å². The van der Waals surface area contributed by atoms with Crippen molar-refractivity contribution in [1.82, 2.24) is 10.2 Å². The third kappa shape index (κ3) is 3.38. The summed E-state index contributed by atoms with van der Waals surface area (Å²) in [7, 11) is 0. The van der Waals surface area contributed by atoms with Gasteiger partial charge in [-0.15, -0.1) is 0 Å². The SMILES string of the molecule is Nc1ccc(C(=O)NCC2CCCN3CCCCC23)cc1. The molecule has 2 unspecified atom stereocenters. The van der Waals surface area contributed by atoms with Gasteiger partial charge < -0.3 is 16.0 Å². The predicted octanol–water partition coefficient (Wildman–Crippen LogP) is 2.26. The number of fused-ring (bicyclic) bond motifs is 1. The maximum Gasteiger partial charge on any atom is 0.251 e. The first-order valence-corrected chi connectivity index (χ1v) is 8.12. The molecule has 0 bridgehead atoms. The van der Waals surface area contributed by atoms with E-state index in [1.807, 2.05) is 0 Å². The molecule has 2 heterocycles. The molecule has 0 aromatic heterocycles. The van der Waals surface area contributed by atoms with Crippen LogP contribution in [0.3, 0.4) is 0 Å². The van der Waals surface area contributed by atoms with Gasteiger partial charge in [0.15, 0.2) is 0 Å². The summed E-state index contributed by atoms with van der Waals surface area (Å²) in [5.74, 6) is 0.625. The Morgan fingerprint density at radius 3 is 2.71 bits per heavy atom. The predicted molar refractivity (Wildman–Crippen MR) is 85.1 cm³/mol. The summed E-state index contributed by atoms with van der Waals surface area (Å²) in [6.07, 6.45) is 6.47. The number of carbonyl (C=O) groups is 1. The molecule has 4 heteroatoms. The fourth-order valence-corrected chi connectivity index (χ4v) is 3.78. The Morgan fingerprint density at radius 2 is 1.90 bits per heavy atom. The van der Waals surface area contributed by atoms with Crippen LogP contribution in [-0.2, 0) is 0 Å². The van der Waals surface area contributed by atoms with Crippen LogP contribution in [0.4, 0.5) is 5.69 Å². The third-order valence-electron chi connectivity index (χ3n) is 4.93. The lowest BCUT2D eigenvalue weighted by Crippen LogP contribution is -2.51. The Labute approximate surface area is 126 Å². The lowest BCUT2D eigenvalue weighted by Gasteiger charge is -2.44. The summed E-state index contributed by atoms with van der Waals surface area (Å²) in [6.45, 7) is 3.28. The van der Waals surface area contributed by atoms with Crippen molar-refractivity contribution in [3.63, 3.8) is 0 Å². The zero-order chi connectivity index (χ0) is 14.7. The molecular weight excluding hydrogens is 262 g/mol. The van der Waals surface area contributed by atoms with Gasteiger partial charge in [0.1, 0.15) is 0 Å². The van der Waals surface area contributed by atoms with Gasteiger partial charge in [0, 0.05) is 23.8 Å². The van der Waals surface area contributed by atoms with Crippen molar-refractivity contribution in [2.24, 2.45) is 5.92 Å². The normalized spacial score (nSPS) is 26.1. The molecule has 114 valence electrons. The summed E-state index contributed by atoms with van der Waals surface area (Å²) in [4.78, 5) is 14.8. The van der Waals surface area contributed by atoms with Crippen molar-refractivity contribution in [2.75, 3.05) is 25.4 Å². The highest BCUT2D eigenvalue weighted by molar-refractivity contribution is 5.94. The molecule has 1 aromatic carbocycles. The van der Waals surface area contributed by atoms with Crippen LogP contribution < -0.4 is 11.1 Å². The molecule has 1 amide bonds. The summed E-state index contributed by atoms with van der Waals surface area (Å²) < 4.78 is 0. The fraction of sp³-hybridized carbons (Fsp3) is 0.588. The van der Waals surface area contributed by atoms with Crippen LogP contribution in [0.5, 0.6) is 0 Å². The van der Waals surface area contributed by atoms with Crippen LogP contribution in [0.15, 0.2) is 24.3 Å². The van der Waals surface area contributed by atoms with E-state index >= 15 is 0 Å². The van der Waals surface area contributed by atoms with Gasteiger partial charge in [-0.3, -0.25) is 4.79 Å². The van der Waals surface area contributed by atoms with E-state index in [-0.39, 0.29) is 5.91 Å². The zero-order valence-electron chi connectivity index (χ0n) is 12.6. The number of piperidine rings is 2. The molecule has 0 radical (unpaired) electrons. The lowest BCUT2D eigenvalue weighted by molar-refractivity contribution is 0.0575. The summed E-state index contributed by atoms with van der Waals surface area (Å²) in [5, 5.41) is 3.11. The van der Waals surface area contributed by atoms with E-state index in [1.54, 1.807) is 24.3 Å². The minimum Gasteiger partial charge on any atom is -0.399 e. The molecule has 2 saturated heterocycles. The average molecular weight is 287 g/mol. The number of nitrogen functional groups attached to an aromatic ring is 1. The highest BCUT2D eigenvalue weighted by atomic mass is 16.1. The second-order valence-corrected chi connectivity index (χ2v) is 6.33. The van der Waals surface area contributed by atoms with E-state index in [9.17, 15) is 4.79 Å². The number of hydrogen-bond donors (Lipinski definition) is 2. The molecule has 3 rings (SSSR count). The topological polar surface area (TPSA) is 58.4 Å². The second-order valence-electron chi connectivity index (χ2n) is 6.33. The van der Waals surface area contributed by atoms with E-state index in [4.69, 9.17) is 5.73 Å². The molecule has 2 atom stereocenters. The van der Waals surface area contributed by atoms with Crippen molar-refractivity contribution in [3.05, 3.63) is 29.8 Å². The minimum atomic E-state index is 0.0166. The molecule has 2 aliphatic heterocycles. The first kappa shape index (κ1) is 14.4. The molecule has 2 aliphatic rings. The standard InChI is InChI=1S/C17H25N3O/c18-15-8-6-13(7-9-15)17(21)19-12-14-4-3-11-20-10-2-1-5-16(14)20/h6-9,14,16H,1-5,10-12,18H2,(H,19,21). The number of nitrogens with two attached hydrogens (primary N) is 1. The number of hydrogen-bond acceptors (Lipinski definition) is 3. The van der Waals surface area contributed by atoms with Crippen molar-refractivity contribution >= 4 is 11.6 Å². The van der Waals surface area contributed by atoms with Crippen LogP contribution in [0.2, 0.25) is 0 Å². The monoisotopic (exact) mass is 287 g/mol. The van der Waals surface area contributed by atoms with Crippen LogP contribution in [0, 0.1) is 5.92 Å². The Kier molecular flexibility index (Phi) is 4.44. The third-order valence-corrected chi connectivity index (χ3v) is 4.93. The van der Waals surface area contributed by atoms with Gasteiger partial charge in [0.05, 0.1) is 0 Å². The fourth-order valence-electron chi connectivity index (χ4n) is 3.78. The molecule has 0 saturated carbocycles. The molecular formula is C17H25N3O. The zero-order valence-corrected chi connectivity index (χ0v) is 12.6. The Bertz CT molecular complexity index is 483. The first-order valence-electron chi connectivity index (χ1n) is 8.12. The van der Waals surface area contributed by atoms with Gasteiger partial charge in [-0.2, -0.15) is 0 Å². The number of amides is 1. The van der Waals surface area contributed by atoms with Gasteiger partial charge in [0.2, 0.25) is 0 Å². The maximum atomic E-state index is 12.2. The molecule has 3 N–H and O–H groups in total. The Hall–Kier alpha value is -1.55. The number of nitrogens with zero attached hydrogens (tertiary/aromatic N) is 1. The number of carbonyl (C=O) groups excluding carboxylic acids is 1. The van der Waals surface area contributed by atoms with Crippen molar-refractivity contribution in [1.29, 1.82) is 0 Å². The van der Waals surface area contributed by atoms with E-state index in [1.165, 1.54) is 45.2 Å². The minimum absolute atomic E-state index is 0.0166. The van der Waals surface area contributed by atoms with E-state index in [0.717, 1.165) is 6.54 Å². The van der Waals surface area contributed by atoms with Crippen LogP contribution in [0.1, 0.15) is 42.5 Å². The number of anilines is 1. The van der Waals surface area contributed by atoms with E-state index in [0.29, 0.717) is 23.2 Å². The largest absolute Gasteiger partial charge is 0.399 e. The highest BCUT2D eigenvalue weighted by Crippen LogP contribution is 2.30. The van der Waals surface area contributed by atoms with Crippen LogP contribution >= 0.6 is 0 Å². The summed E-state index contributed by atoms with van der Waals surface area (Å²) in [5.41, 5.74) is 7.04. The van der Waals surface area contributed by atoms with Crippen molar-refractivity contribution in [3.8, 4) is 0 Å². The maximum absolute atomic E-state index is 12.2. The van der Waals surface area contributed by atoms with Crippen molar-refractivity contribution in [2.45, 2.75) is 38.1 Å². The Balaban J connectivity index is 1.56. The van der Waals surface area contributed by atoms with Gasteiger partial charge in [0.25, 0.3) is 5.91 Å². The highest BCUT2D eigenvalue weighted by Gasteiger charge is 2.32. The second kappa shape index (κ2) is 6.48. The average Bonchev–Trinajstić information content (AvgIpc) is 2.53. The number of nitrogens with one attached hydrogen (secondary N) is 1. The quantitative estimate of drug-likeness (QED) is 0.838. The smallest absolute Gasteiger partial charge is 0.251 e. The van der Waals surface area contributed by atoms with Crippen LogP contribution in [0.25, 0.3) is 0 Å². The molecule has 1 aromatic rings. The number of benzene rings is 1. The van der Waals surface area contributed by atoms with E-state index in [2.05, 4.69) is 10.2 Å².